The van der Waals surface area contributed by atoms with Gasteiger partial charge in [-0.15, -0.1) is 0 Å². The molecule has 1 aliphatic heterocycles. The molecule has 0 aromatic carbocycles. The zero-order valence-corrected chi connectivity index (χ0v) is 10.4. The van der Waals surface area contributed by atoms with Crippen molar-refractivity contribution in [2.45, 2.75) is 52.6 Å². The molecule has 2 atom stereocenters. The Balaban J connectivity index is 2.43. The number of rotatable bonds is 3. The molecule has 2 unspecified atom stereocenters. The van der Waals surface area contributed by atoms with Gasteiger partial charge in [-0.1, -0.05) is 13.8 Å². The highest BCUT2D eigenvalue weighted by atomic mass is 16.2. The Morgan fingerprint density at radius 3 is 2.73 bits per heavy atom. The molecule has 88 valence electrons. The summed E-state index contributed by atoms with van der Waals surface area (Å²) in [6.45, 7) is 10.4. The molecule has 1 saturated heterocycles. The Bertz CT molecular complexity index is 216. The lowest BCUT2D eigenvalue weighted by Gasteiger charge is -2.38. The minimum absolute atomic E-state index is 0.324. The fraction of sp³-hybridized carbons (Fsp3) is 0.917. The lowest BCUT2D eigenvalue weighted by molar-refractivity contribution is -0.135. The van der Waals surface area contributed by atoms with Gasteiger partial charge in [-0.2, -0.15) is 0 Å². The van der Waals surface area contributed by atoms with Gasteiger partial charge in [-0.25, -0.2) is 0 Å². The smallest absolute Gasteiger partial charge is 0.222 e. The molecule has 0 aliphatic carbocycles. The summed E-state index contributed by atoms with van der Waals surface area (Å²) in [7, 11) is 0. The number of carbonyl (C=O) groups excluding carboxylic acids is 1. The molecule has 0 saturated carbocycles. The quantitative estimate of drug-likeness (QED) is 0.771. The molecule has 1 heterocycles. The second-order valence-electron chi connectivity index (χ2n) is 5.00. The predicted molar refractivity (Wildman–Crippen MR) is 62.7 cm³/mol. The van der Waals surface area contributed by atoms with Crippen LogP contribution in [0.1, 0.15) is 40.5 Å². The average molecular weight is 212 g/mol. The Labute approximate surface area is 93.2 Å². The van der Waals surface area contributed by atoms with E-state index in [1.807, 2.05) is 4.90 Å². The lowest BCUT2D eigenvalue weighted by Crippen LogP contribution is -2.57. The van der Waals surface area contributed by atoms with Crippen molar-refractivity contribution in [2.24, 2.45) is 5.92 Å². The van der Waals surface area contributed by atoms with Gasteiger partial charge in [0.2, 0.25) is 5.91 Å². The Hall–Kier alpha value is -0.570. The van der Waals surface area contributed by atoms with Crippen LogP contribution in [0.4, 0.5) is 0 Å². The summed E-state index contributed by atoms with van der Waals surface area (Å²) < 4.78 is 0. The fourth-order valence-corrected chi connectivity index (χ4v) is 1.96. The second-order valence-corrected chi connectivity index (χ2v) is 5.00. The van der Waals surface area contributed by atoms with Crippen LogP contribution in [0.5, 0.6) is 0 Å². The topological polar surface area (TPSA) is 32.3 Å². The third kappa shape index (κ3) is 3.49. The van der Waals surface area contributed by atoms with E-state index >= 15 is 0 Å². The van der Waals surface area contributed by atoms with Crippen molar-refractivity contribution in [3.8, 4) is 0 Å². The normalized spacial score (nSPS) is 27.1. The standard InChI is InChI=1S/C12H24N2O/c1-9(2)5-6-12(15)14-8-7-13-10(3)11(14)4/h9-11,13H,5-8H2,1-4H3. The van der Waals surface area contributed by atoms with Crippen LogP contribution < -0.4 is 5.32 Å². The Morgan fingerprint density at radius 2 is 2.13 bits per heavy atom. The maximum Gasteiger partial charge on any atom is 0.222 e. The average Bonchev–Trinajstić information content (AvgIpc) is 2.18. The number of amides is 1. The van der Waals surface area contributed by atoms with E-state index in [0.717, 1.165) is 19.5 Å². The van der Waals surface area contributed by atoms with Crippen LogP contribution >= 0.6 is 0 Å². The van der Waals surface area contributed by atoms with Crippen molar-refractivity contribution in [1.82, 2.24) is 10.2 Å². The van der Waals surface area contributed by atoms with Gasteiger partial charge in [0, 0.05) is 31.6 Å². The molecular weight excluding hydrogens is 188 g/mol. The van der Waals surface area contributed by atoms with E-state index in [1.165, 1.54) is 0 Å². The van der Waals surface area contributed by atoms with Gasteiger partial charge in [0.1, 0.15) is 0 Å². The maximum atomic E-state index is 12.0. The van der Waals surface area contributed by atoms with Crippen molar-refractivity contribution in [3.63, 3.8) is 0 Å². The zero-order valence-electron chi connectivity index (χ0n) is 10.4. The van der Waals surface area contributed by atoms with E-state index in [9.17, 15) is 4.79 Å². The minimum atomic E-state index is 0.324. The van der Waals surface area contributed by atoms with Crippen molar-refractivity contribution in [2.75, 3.05) is 13.1 Å². The van der Waals surface area contributed by atoms with Crippen LogP contribution in [0.25, 0.3) is 0 Å². The van der Waals surface area contributed by atoms with E-state index < -0.39 is 0 Å². The first-order chi connectivity index (χ1) is 7.02. The molecule has 3 nitrogen and oxygen atoms in total. The molecule has 0 bridgehead atoms. The highest BCUT2D eigenvalue weighted by Crippen LogP contribution is 2.13. The molecule has 1 fully saturated rings. The number of piperazine rings is 1. The number of hydrogen-bond donors (Lipinski definition) is 1. The van der Waals surface area contributed by atoms with E-state index in [1.54, 1.807) is 0 Å². The van der Waals surface area contributed by atoms with Crippen molar-refractivity contribution in [3.05, 3.63) is 0 Å². The second kappa shape index (κ2) is 5.50. The Kier molecular flexibility index (Phi) is 4.58. The van der Waals surface area contributed by atoms with Crippen LogP contribution in [0.2, 0.25) is 0 Å². The summed E-state index contributed by atoms with van der Waals surface area (Å²) in [5, 5.41) is 3.39. The number of nitrogens with zero attached hydrogens (tertiary/aromatic N) is 1. The van der Waals surface area contributed by atoms with Crippen molar-refractivity contribution < 1.29 is 4.79 Å². The first-order valence-corrected chi connectivity index (χ1v) is 6.05. The summed E-state index contributed by atoms with van der Waals surface area (Å²) in [6, 6.07) is 0.750. The van der Waals surface area contributed by atoms with Gasteiger partial charge < -0.3 is 10.2 Å². The SMILES string of the molecule is CC(C)CCC(=O)N1CCNC(C)C1C. The van der Waals surface area contributed by atoms with E-state index in [0.29, 0.717) is 30.3 Å². The van der Waals surface area contributed by atoms with E-state index in [4.69, 9.17) is 0 Å². The highest BCUT2D eigenvalue weighted by Gasteiger charge is 2.27. The third-order valence-corrected chi connectivity index (χ3v) is 3.29. The van der Waals surface area contributed by atoms with Gasteiger partial charge in [-0.05, 0) is 26.2 Å². The summed E-state index contributed by atoms with van der Waals surface area (Å²) >= 11 is 0. The molecule has 1 rings (SSSR count). The number of hydrogen-bond acceptors (Lipinski definition) is 2. The zero-order chi connectivity index (χ0) is 11.4. The maximum absolute atomic E-state index is 12.0. The van der Waals surface area contributed by atoms with Gasteiger partial charge >= 0.3 is 0 Å². The monoisotopic (exact) mass is 212 g/mol. The van der Waals surface area contributed by atoms with Crippen molar-refractivity contribution >= 4 is 5.91 Å². The molecule has 1 aliphatic rings. The molecule has 0 spiro atoms. The van der Waals surface area contributed by atoms with Gasteiger partial charge in [0.15, 0.2) is 0 Å². The molecule has 1 amide bonds. The van der Waals surface area contributed by atoms with Gasteiger partial charge in [0.05, 0.1) is 0 Å². The molecule has 15 heavy (non-hydrogen) atoms. The lowest BCUT2D eigenvalue weighted by atomic mass is 10.0. The summed E-state index contributed by atoms with van der Waals surface area (Å²) in [4.78, 5) is 14.0. The molecule has 0 radical (unpaired) electrons. The first-order valence-electron chi connectivity index (χ1n) is 6.05. The molecule has 0 aromatic rings. The highest BCUT2D eigenvalue weighted by molar-refractivity contribution is 5.76. The van der Waals surface area contributed by atoms with E-state index in [2.05, 4.69) is 33.0 Å². The largest absolute Gasteiger partial charge is 0.337 e. The first kappa shape index (κ1) is 12.5. The number of carbonyl (C=O) groups is 1. The molecule has 1 N–H and O–H groups in total. The molecular formula is C12H24N2O. The summed E-state index contributed by atoms with van der Waals surface area (Å²) in [5.74, 6) is 0.939. The fourth-order valence-electron chi connectivity index (χ4n) is 1.96. The van der Waals surface area contributed by atoms with Crippen LogP contribution in [-0.2, 0) is 4.79 Å². The van der Waals surface area contributed by atoms with Gasteiger partial charge in [-0.3, -0.25) is 4.79 Å². The molecule has 0 aromatic heterocycles. The van der Waals surface area contributed by atoms with Crippen LogP contribution in [0, 0.1) is 5.92 Å². The van der Waals surface area contributed by atoms with Crippen LogP contribution in [-0.4, -0.2) is 36.0 Å². The van der Waals surface area contributed by atoms with Gasteiger partial charge in [0.25, 0.3) is 0 Å². The minimum Gasteiger partial charge on any atom is -0.337 e. The summed E-state index contributed by atoms with van der Waals surface area (Å²) in [5.41, 5.74) is 0. The summed E-state index contributed by atoms with van der Waals surface area (Å²) in [6.07, 6.45) is 1.71. The van der Waals surface area contributed by atoms with Crippen molar-refractivity contribution in [1.29, 1.82) is 0 Å². The number of nitrogens with one attached hydrogen (secondary N) is 1. The third-order valence-electron chi connectivity index (χ3n) is 3.29. The van der Waals surface area contributed by atoms with Crippen LogP contribution in [0.3, 0.4) is 0 Å². The Morgan fingerprint density at radius 1 is 1.47 bits per heavy atom. The van der Waals surface area contributed by atoms with E-state index in [-0.39, 0.29) is 0 Å². The molecule has 3 heteroatoms. The van der Waals surface area contributed by atoms with Crippen LogP contribution in [0.15, 0.2) is 0 Å². The predicted octanol–water partition coefficient (Wildman–Crippen LogP) is 1.63.